The lowest BCUT2D eigenvalue weighted by atomic mass is 10.4. The van der Waals surface area contributed by atoms with Gasteiger partial charge in [-0.3, -0.25) is 0 Å². The van der Waals surface area contributed by atoms with Crippen LogP contribution in [-0.4, -0.2) is 29.3 Å². The van der Waals surface area contributed by atoms with Gasteiger partial charge in [0, 0.05) is 20.7 Å². The van der Waals surface area contributed by atoms with Crippen LogP contribution in [0.2, 0.25) is 5.15 Å². The van der Waals surface area contributed by atoms with Crippen molar-refractivity contribution in [2.75, 3.05) is 13.7 Å². The lowest BCUT2D eigenvalue weighted by molar-refractivity contribution is 0.117. The molecule has 0 saturated heterocycles. The Morgan fingerprint density at radius 2 is 2.43 bits per heavy atom. The van der Waals surface area contributed by atoms with Crippen LogP contribution in [0.15, 0.2) is 6.20 Å². The molecule has 0 saturated carbocycles. The second-order valence-electron chi connectivity index (χ2n) is 3.23. The molecule has 1 heterocycles. The molecule has 80 valence electrons. The molecule has 14 heavy (non-hydrogen) atoms. The van der Waals surface area contributed by atoms with Gasteiger partial charge < -0.3 is 14.6 Å². The van der Waals surface area contributed by atoms with Crippen molar-refractivity contribution in [2.45, 2.75) is 19.6 Å². The number of hydrogen-bond donors (Lipinski definition) is 1. The molecule has 0 aliphatic carbocycles. The smallest absolute Gasteiger partial charge is 0.128 e. The topological polar surface area (TPSA) is 39.1 Å². The summed E-state index contributed by atoms with van der Waals surface area (Å²) in [5.41, 5.74) is 0. The average molecular weight is 218 g/mol. The van der Waals surface area contributed by atoms with Crippen molar-refractivity contribution >= 4 is 11.6 Å². The Bertz CT molecular complexity index is 288. The fourth-order valence-electron chi connectivity index (χ4n) is 1.06. The molecule has 1 aromatic heterocycles. The maximum atomic E-state index is 5.85. The molecule has 1 rings (SSSR count). The number of methoxy groups -OCH3 is 1. The van der Waals surface area contributed by atoms with Gasteiger partial charge in [0.05, 0.1) is 18.8 Å². The Morgan fingerprint density at radius 3 is 2.93 bits per heavy atom. The van der Waals surface area contributed by atoms with Gasteiger partial charge in [-0.05, 0) is 6.92 Å². The second-order valence-corrected chi connectivity index (χ2v) is 3.62. The average Bonchev–Trinajstić information content (AvgIpc) is 2.49. The van der Waals surface area contributed by atoms with E-state index in [-0.39, 0.29) is 6.10 Å². The Kier molecular flexibility index (Phi) is 4.38. The zero-order chi connectivity index (χ0) is 10.6. The number of hydrogen-bond acceptors (Lipinski definition) is 3. The van der Waals surface area contributed by atoms with E-state index in [0.29, 0.717) is 11.7 Å². The molecule has 0 spiro atoms. The molecule has 1 aromatic rings. The summed E-state index contributed by atoms with van der Waals surface area (Å²) in [5, 5.41) is 3.89. The van der Waals surface area contributed by atoms with E-state index < -0.39 is 0 Å². The van der Waals surface area contributed by atoms with Crippen LogP contribution in [0.3, 0.4) is 0 Å². The number of ether oxygens (including phenoxy) is 1. The fourth-order valence-corrected chi connectivity index (χ4v) is 1.21. The minimum Gasteiger partial charge on any atom is -0.380 e. The summed E-state index contributed by atoms with van der Waals surface area (Å²) in [5.74, 6) is 0.929. The summed E-state index contributed by atoms with van der Waals surface area (Å²) in [4.78, 5) is 4.17. The molecule has 4 nitrogen and oxygen atoms in total. The van der Waals surface area contributed by atoms with Gasteiger partial charge >= 0.3 is 0 Å². The Morgan fingerprint density at radius 1 is 1.71 bits per heavy atom. The van der Waals surface area contributed by atoms with Crippen LogP contribution in [0.5, 0.6) is 0 Å². The monoisotopic (exact) mass is 217 g/mol. The summed E-state index contributed by atoms with van der Waals surface area (Å²) >= 11 is 5.85. The summed E-state index contributed by atoms with van der Waals surface area (Å²) in [6, 6.07) is 0. The van der Waals surface area contributed by atoms with Gasteiger partial charge in [0.2, 0.25) is 0 Å². The third kappa shape index (κ3) is 2.97. The quantitative estimate of drug-likeness (QED) is 0.806. The normalized spacial score (nSPS) is 13.1. The standard InChI is InChI=1S/C9H16ClN3O/c1-7(14-3)4-11-6-9-12-5-8(10)13(9)2/h5,7,11H,4,6H2,1-3H3. The zero-order valence-corrected chi connectivity index (χ0v) is 9.51. The molecule has 0 fully saturated rings. The number of nitrogens with one attached hydrogen (secondary N) is 1. The van der Waals surface area contributed by atoms with E-state index >= 15 is 0 Å². The van der Waals surface area contributed by atoms with Crippen LogP contribution in [0.1, 0.15) is 12.7 Å². The van der Waals surface area contributed by atoms with E-state index in [0.717, 1.165) is 12.4 Å². The molecule has 1 unspecified atom stereocenters. The number of aromatic nitrogens is 2. The number of nitrogens with zero attached hydrogens (tertiary/aromatic N) is 2. The molecule has 0 bridgehead atoms. The van der Waals surface area contributed by atoms with Crippen LogP contribution in [0.25, 0.3) is 0 Å². The third-order valence-electron chi connectivity index (χ3n) is 2.14. The fraction of sp³-hybridized carbons (Fsp3) is 0.667. The molecule has 0 amide bonds. The Balaban J connectivity index is 2.35. The first-order valence-electron chi connectivity index (χ1n) is 4.54. The van der Waals surface area contributed by atoms with Crippen LogP contribution >= 0.6 is 11.6 Å². The van der Waals surface area contributed by atoms with Crippen molar-refractivity contribution in [3.8, 4) is 0 Å². The van der Waals surface area contributed by atoms with Gasteiger partial charge in [0.25, 0.3) is 0 Å². The minimum atomic E-state index is 0.214. The maximum Gasteiger partial charge on any atom is 0.128 e. The Labute approximate surface area is 89.2 Å². The summed E-state index contributed by atoms with van der Waals surface area (Å²) < 4.78 is 6.96. The number of imidazole rings is 1. The highest BCUT2D eigenvalue weighted by atomic mass is 35.5. The molecule has 0 aliphatic heterocycles. The largest absolute Gasteiger partial charge is 0.380 e. The van der Waals surface area contributed by atoms with Crippen molar-refractivity contribution in [3.05, 3.63) is 17.2 Å². The Hall–Kier alpha value is -0.580. The van der Waals surface area contributed by atoms with Crippen LogP contribution in [0.4, 0.5) is 0 Å². The van der Waals surface area contributed by atoms with Crippen molar-refractivity contribution < 1.29 is 4.74 Å². The van der Waals surface area contributed by atoms with Crippen LogP contribution < -0.4 is 5.32 Å². The summed E-state index contributed by atoms with van der Waals surface area (Å²) in [6.07, 6.45) is 1.86. The number of rotatable bonds is 5. The van der Waals surface area contributed by atoms with Crippen molar-refractivity contribution in [1.29, 1.82) is 0 Å². The highest BCUT2D eigenvalue weighted by molar-refractivity contribution is 6.29. The van der Waals surface area contributed by atoms with Gasteiger partial charge in [-0.1, -0.05) is 11.6 Å². The van der Waals surface area contributed by atoms with Crippen molar-refractivity contribution in [3.63, 3.8) is 0 Å². The van der Waals surface area contributed by atoms with E-state index in [2.05, 4.69) is 10.3 Å². The molecule has 0 radical (unpaired) electrons. The molecule has 5 heteroatoms. The molecule has 1 N–H and O–H groups in total. The van der Waals surface area contributed by atoms with Crippen molar-refractivity contribution in [2.24, 2.45) is 7.05 Å². The van der Waals surface area contributed by atoms with E-state index in [4.69, 9.17) is 16.3 Å². The zero-order valence-electron chi connectivity index (χ0n) is 8.75. The molecule has 0 aromatic carbocycles. The number of halogens is 1. The SMILES string of the molecule is COC(C)CNCc1ncc(Cl)n1C. The van der Waals surface area contributed by atoms with Gasteiger partial charge in [0.1, 0.15) is 11.0 Å². The molecule has 1 atom stereocenters. The third-order valence-corrected chi connectivity index (χ3v) is 2.50. The van der Waals surface area contributed by atoms with Gasteiger partial charge in [-0.2, -0.15) is 0 Å². The van der Waals surface area contributed by atoms with E-state index in [1.165, 1.54) is 0 Å². The summed E-state index contributed by atoms with van der Waals surface area (Å²) in [6.45, 7) is 3.52. The first kappa shape index (κ1) is 11.5. The molecular formula is C9H16ClN3O. The first-order valence-corrected chi connectivity index (χ1v) is 4.92. The second kappa shape index (κ2) is 5.34. The van der Waals surface area contributed by atoms with Gasteiger partial charge in [-0.15, -0.1) is 0 Å². The summed E-state index contributed by atoms with van der Waals surface area (Å²) in [7, 11) is 3.59. The first-order chi connectivity index (χ1) is 6.65. The van der Waals surface area contributed by atoms with E-state index in [9.17, 15) is 0 Å². The van der Waals surface area contributed by atoms with Gasteiger partial charge in [-0.25, -0.2) is 4.98 Å². The molecular weight excluding hydrogens is 202 g/mol. The van der Waals surface area contributed by atoms with E-state index in [1.54, 1.807) is 13.3 Å². The highest BCUT2D eigenvalue weighted by Gasteiger charge is 2.04. The highest BCUT2D eigenvalue weighted by Crippen LogP contribution is 2.08. The van der Waals surface area contributed by atoms with Crippen LogP contribution in [0, 0.1) is 0 Å². The predicted molar refractivity (Wildman–Crippen MR) is 56.4 cm³/mol. The van der Waals surface area contributed by atoms with E-state index in [1.807, 2.05) is 18.5 Å². The molecule has 0 aliphatic rings. The van der Waals surface area contributed by atoms with Gasteiger partial charge in [0.15, 0.2) is 0 Å². The lowest BCUT2D eigenvalue weighted by Gasteiger charge is -2.10. The van der Waals surface area contributed by atoms with Crippen LogP contribution in [-0.2, 0) is 18.3 Å². The lowest BCUT2D eigenvalue weighted by Crippen LogP contribution is -2.26. The minimum absolute atomic E-state index is 0.214. The maximum absolute atomic E-state index is 5.85. The predicted octanol–water partition coefficient (Wildman–Crippen LogP) is 1.20. The van der Waals surface area contributed by atoms with Crippen molar-refractivity contribution in [1.82, 2.24) is 14.9 Å².